The van der Waals surface area contributed by atoms with Crippen molar-refractivity contribution in [3.63, 3.8) is 0 Å². The highest BCUT2D eigenvalue weighted by Crippen LogP contribution is 2.31. The molecule has 2 heterocycles. The summed E-state index contributed by atoms with van der Waals surface area (Å²) in [4.78, 5) is 13.2. The molecule has 0 bridgehead atoms. The number of hydrogen-bond donors (Lipinski definition) is 0. The van der Waals surface area contributed by atoms with E-state index >= 15 is 0 Å². The molecular weight excluding hydrogens is 737 g/mol. The van der Waals surface area contributed by atoms with Crippen molar-refractivity contribution in [2.75, 3.05) is 77.4 Å². The molecule has 0 aliphatic carbocycles. The Hall–Kier alpha value is -6.30. The molecule has 0 atom stereocenters. The molecule has 6 aromatic rings. The largest absolute Gasteiger partial charge is 0.497 e. The van der Waals surface area contributed by atoms with Crippen LogP contribution in [0.5, 0.6) is 17.2 Å². The van der Waals surface area contributed by atoms with Crippen LogP contribution >= 0.6 is 24.4 Å². The van der Waals surface area contributed by atoms with E-state index in [9.17, 15) is 0 Å². The Balaban J connectivity index is 0.000000172. The predicted molar refractivity (Wildman–Crippen MR) is 238 cm³/mol. The third-order valence-corrected chi connectivity index (χ3v) is 10.5. The third-order valence-electron chi connectivity index (χ3n) is 9.63. The van der Waals surface area contributed by atoms with Crippen LogP contribution in [-0.4, -0.2) is 58.2 Å². The van der Waals surface area contributed by atoms with E-state index in [0.29, 0.717) is 26.7 Å². The van der Waals surface area contributed by atoms with Crippen molar-refractivity contribution in [1.29, 1.82) is 0 Å². The highest BCUT2D eigenvalue weighted by atomic mass is 32.1. The Morgan fingerprint density at radius 1 is 0.321 bits per heavy atom. The van der Waals surface area contributed by atoms with Gasteiger partial charge in [0, 0.05) is 34.1 Å². The minimum absolute atomic E-state index is 0.668. The van der Waals surface area contributed by atoms with Gasteiger partial charge < -0.3 is 43.6 Å². The van der Waals surface area contributed by atoms with E-state index in [-0.39, 0.29) is 0 Å². The first kappa shape index (κ1) is 38.0. The van der Waals surface area contributed by atoms with Crippen molar-refractivity contribution < 1.29 is 14.2 Å². The highest BCUT2D eigenvalue weighted by Gasteiger charge is 2.31. The van der Waals surface area contributed by atoms with Gasteiger partial charge >= 0.3 is 0 Å². The van der Waals surface area contributed by atoms with Gasteiger partial charge in [-0.25, -0.2) is 0 Å². The molecule has 0 spiro atoms. The number of hydrogen-bond acceptors (Lipinski definition) is 7. The summed E-state index contributed by atoms with van der Waals surface area (Å²) in [5, 5.41) is 1.56. The number of nitrogens with zero attached hydrogens (tertiary/aromatic N) is 6. The molecule has 2 fully saturated rings. The van der Waals surface area contributed by atoms with Crippen molar-refractivity contribution in [3.8, 4) is 17.2 Å². The summed E-state index contributed by atoms with van der Waals surface area (Å²) in [5.74, 6) is 2.50. The zero-order chi connectivity index (χ0) is 38.9. The normalized spacial score (nSPS) is 14.3. The predicted octanol–water partition coefficient (Wildman–Crippen LogP) is 9.47. The van der Waals surface area contributed by atoms with E-state index < -0.39 is 0 Å². The first-order chi connectivity index (χ1) is 27.4. The average Bonchev–Trinajstić information content (AvgIpc) is 3.28. The molecule has 0 aromatic heterocycles. The fourth-order valence-electron chi connectivity index (χ4n) is 6.57. The number of para-hydroxylation sites is 3. The molecule has 2 aliphatic rings. The zero-order valence-electron chi connectivity index (χ0n) is 31.6. The highest BCUT2D eigenvalue weighted by molar-refractivity contribution is 7.81. The molecule has 0 N–H and O–H groups in total. The van der Waals surface area contributed by atoms with Crippen molar-refractivity contribution >= 4 is 68.8 Å². The van der Waals surface area contributed by atoms with E-state index in [1.54, 1.807) is 21.3 Å². The first-order valence-corrected chi connectivity index (χ1v) is 19.0. The number of thiocarbonyl (C=S) groups is 2. The summed E-state index contributed by atoms with van der Waals surface area (Å²) in [6.07, 6.45) is 0. The van der Waals surface area contributed by atoms with Crippen LogP contribution in [0, 0.1) is 0 Å². The standard InChI is InChI=1S/C23H23N3O2S.C22H21N3OS/c1-27-21-12-8-19(9-13-21)25-16-24(18-6-4-3-5-7-18)17-26(23(25)29)20-10-14-22(28-2)15-11-20;1-26-21-14-12-18(13-15-21)23-16-24(19-8-4-2-5-9-19)22(27)25(17-23)20-10-6-3-7-11-20/h3-15H,16-17H2,1-2H3;2-15H,16-17H2,1H3. The SMILES string of the molecule is COc1ccc(N2CN(c3ccccc3)C(=S)N(c3ccccc3)C2)cc1.COc1ccc(N2CN(c3ccccc3)CN(c3ccc(OC)cc3)C2=S)cc1. The van der Waals surface area contributed by atoms with Crippen molar-refractivity contribution in [2.24, 2.45) is 0 Å². The zero-order valence-corrected chi connectivity index (χ0v) is 33.3. The smallest absolute Gasteiger partial charge is 0.183 e. The van der Waals surface area contributed by atoms with Gasteiger partial charge in [0.15, 0.2) is 10.2 Å². The quantitative estimate of drug-likeness (QED) is 0.132. The maximum absolute atomic E-state index is 5.90. The van der Waals surface area contributed by atoms with Crippen molar-refractivity contribution in [3.05, 3.63) is 164 Å². The van der Waals surface area contributed by atoms with Crippen LogP contribution in [0.1, 0.15) is 0 Å². The van der Waals surface area contributed by atoms with Gasteiger partial charge in [-0.1, -0.05) is 54.6 Å². The molecule has 0 unspecified atom stereocenters. The fourth-order valence-corrected chi connectivity index (χ4v) is 7.23. The van der Waals surface area contributed by atoms with Gasteiger partial charge in [-0.3, -0.25) is 0 Å². The summed E-state index contributed by atoms with van der Waals surface area (Å²) in [6, 6.07) is 55.0. The van der Waals surface area contributed by atoms with Gasteiger partial charge in [0.05, 0.1) is 48.0 Å². The Kier molecular flexibility index (Phi) is 12.1. The lowest BCUT2D eigenvalue weighted by molar-refractivity contribution is 0.414. The molecule has 0 saturated carbocycles. The molecule has 9 nitrogen and oxygen atoms in total. The van der Waals surface area contributed by atoms with Crippen LogP contribution in [-0.2, 0) is 0 Å². The molecule has 6 aromatic carbocycles. The summed E-state index contributed by atoms with van der Waals surface area (Å²) in [7, 11) is 5.02. The Morgan fingerprint density at radius 3 is 0.839 bits per heavy atom. The lowest BCUT2D eigenvalue weighted by Gasteiger charge is -2.45. The minimum atomic E-state index is 0.668. The third kappa shape index (κ3) is 8.64. The number of ether oxygens (including phenoxy) is 3. The molecule has 11 heteroatoms. The van der Waals surface area contributed by atoms with Crippen LogP contribution in [0.3, 0.4) is 0 Å². The van der Waals surface area contributed by atoms with Crippen LogP contribution < -0.4 is 43.6 Å². The summed E-state index contributed by atoms with van der Waals surface area (Å²) in [6.45, 7) is 2.72. The van der Waals surface area contributed by atoms with Crippen LogP contribution in [0.2, 0.25) is 0 Å². The number of benzene rings is 6. The van der Waals surface area contributed by atoms with Gasteiger partial charge in [-0.2, -0.15) is 0 Å². The Bertz CT molecular complexity index is 2070. The average molecular weight is 781 g/mol. The van der Waals surface area contributed by atoms with Crippen LogP contribution in [0.15, 0.2) is 164 Å². The number of methoxy groups -OCH3 is 3. The molecule has 2 aliphatic heterocycles. The van der Waals surface area contributed by atoms with Gasteiger partial charge in [0.25, 0.3) is 0 Å². The van der Waals surface area contributed by atoms with E-state index in [1.165, 1.54) is 0 Å². The van der Waals surface area contributed by atoms with Gasteiger partial charge in [-0.15, -0.1) is 0 Å². The maximum Gasteiger partial charge on any atom is 0.183 e. The number of rotatable bonds is 9. The summed E-state index contributed by atoms with van der Waals surface area (Å²) in [5.41, 5.74) is 6.49. The van der Waals surface area contributed by atoms with Gasteiger partial charge in [0.2, 0.25) is 0 Å². The topological polar surface area (TPSA) is 47.1 Å². The van der Waals surface area contributed by atoms with Crippen LogP contribution in [0.4, 0.5) is 34.1 Å². The van der Waals surface area contributed by atoms with E-state index in [0.717, 1.165) is 61.6 Å². The van der Waals surface area contributed by atoms with E-state index in [4.69, 9.17) is 38.6 Å². The Morgan fingerprint density at radius 2 is 0.554 bits per heavy atom. The minimum Gasteiger partial charge on any atom is -0.497 e. The van der Waals surface area contributed by atoms with Crippen molar-refractivity contribution in [1.82, 2.24) is 0 Å². The Labute approximate surface area is 340 Å². The van der Waals surface area contributed by atoms with Crippen LogP contribution in [0.25, 0.3) is 0 Å². The molecule has 8 rings (SSSR count). The second-order valence-corrected chi connectivity index (χ2v) is 13.8. The second kappa shape index (κ2) is 17.9. The molecule has 0 radical (unpaired) electrons. The lowest BCUT2D eigenvalue weighted by Crippen LogP contribution is -2.58. The summed E-state index contributed by atoms with van der Waals surface area (Å²) >= 11 is 11.8. The van der Waals surface area contributed by atoms with E-state index in [2.05, 4.69) is 90.1 Å². The van der Waals surface area contributed by atoms with Gasteiger partial charge in [-0.05, 0) is 134 Å². The maximum atomic E-state index is 5.90. The van der Waals surface area contributed by atoms with Gasteiger partial charge in [0.1, 0.15) is 17.2 Å². The number of anilines is 6. The molecule has 0 amide bonds. The lowest BCUT2D eigenvalue weighted by atomic mass is 10.2. The van der Waals surface area contributed by atoms with Crippen molar-refractivity contribution in [2.45, 2.75) is 0 Å². The molecule has 56 heavy (non-hydrogen) atoms. The first-order valence-electron chi connectivity index (χ1n) is 18.2. The summed E-state index contributed by atoms with van der Waals surface area (Å²) < 4.78 is 15.9. The monoisotopic (exact) mass is 780 g/mol. The molecule has 2 saturated heterocycles. The van der Waals surface area contributed by atoms with E-state index in [1.807, 2.05) is 103 Å². The molecular formula is C45H44N6O3S2. The fraction of sp³-hybridized carbons (Fsp3) is 0.156. The molecule has 284 valence electrons. The second-order valence-electron chi connectivity index (χ2n) is 13.0.